The van der Waals surface area contributed by atoms with Crippen LogP contribution in [0.4, 0.5) is 3.89 Å². The average Bonchev–Trinajstić information content (AvgIpc) is 2.11. The van der Waals surface area contributed by atoms with Crippen molar-refractivity contribution < 1.29 is 12.3 Å². The molecule has 0 saturated carbocycles. The molecule has 1 rings (SSSR count). The molecule has 0 N–H and O–H groups in total. The van der Waals surface area contributed by atoms with Crippen molar-refractivity contribution in [1.29, 1.82) is 0 Å². The fourth-order valence-corrected chi connectivity index (χ4v) is 2.60. The summed E-state index contributed by atoms with van der Waals surface area (Å²) in [4.78, 5) is 0. The molecule has 10 heavy (non-hydrogen) atoms. The van der Waals surface area contributed by atoms with Gasteiger partial charge in [-0.2, -0.15) is 8.42 Å². The maximum atomic E-state index is 12.1. The Kier molecular flexibility index (Phi) is 2.12. The minimum absolute atomic E-state index is 0.264. The fourth-order valence-electron chi connectivity index (χ4n) is 0.423. The van der Waals surface area contributed by atoms with Crippen LogP contribution in [0.25, 0.3) is 0 Å². The van der Waals surface area contributed by atoms with Crippen molar-refractivity contribution in [1.82, 2.24) is 0 Å². The van der Waals surface area contributed by atoms with Gasteiger partial charge in [0.1, 0.15) is 0 Å². The van der Waals surface area contributed by atoms with Crippen molar-refractivity contribution in [2.75, 3.05) is 0 Å². The van der Waals surface area contributed by atoms with E-state index in [4.69, 9.17) is 0 Å². The number of thiophene rings is 1. The van der Waals surface area contributed by atoms with Crippen LogP contribution in [0.5, 0.6) is 0 Å². The van der Waals surface area contributed by atoms with Crippen LogP contribution in [0.2, 0.25) is 0 Å². The number of hydrogen-bond acceptors (Lipinski definition) is 3. The van der Waals surface area contributed by atoms with Crippen LogP contribution in [0.15, 0.2) is 20.1 Å². The highest BCUT2D eigenvalue weighted by molar-refractivity contribution is 9.10. The van der Waals surface area contributed by atoms with Crippen LogP contribution in [0.1, 0.15) is 0 Å². The van der Waals surface area contributed by atoms with Gasteiger partial charge >= 0.3 is 10.2 Å². The van der Waals surface area contributed by atoms with Crippen molar-refractivity contribution in [2.24, 2.45) is 0 Å². The summed E-state index contributed by atoms with van der Waals surface area (Å²) in [5, 5.41) is 1.51. The lowest BCUT2D eigenvalue weighted by Gasteiger charge is -1.81. The Labute approximate surface area is 70.0 Å². The molecule has 0 radical (unpaired) electrons. The van der Waals surface area contributed by atoms with E-state index in [2.05, 4.69) is 15.9 Å². The van der Waals surface area contributed by atoms with Crippen molar-refractivity contribution >= 4 is 37.5 Å². The molecule has 0 atom stereocenters. The SMILES string of the molecule is O=S(=O)(F)c1cc(Br)cs1. The van der Waals surface area contributed by atoms with Gasteiger partial charge in [-0.3, -0.25) is 0 Å². The molecule has 6 heteroatoms. The summed E-state index contributed by atoms with van der Waals surface area (Å²) in [6, 6.07) is 1.22. The largest absolute Gasteiger partial charge is 0.341 e. The molecule has 1 heterocycles. The Hall–Kier alpha value is 0.0600. The van der Waals surface area contributed by atoms with E-state index in [9.17, 15) is 12.3 Å². The molecule has 0 spiro atoms. The molecule has 0 fully saturated rings. The first-order valence-electron chi connectivity index (χ1n) is 2.19. The van der Waals surface area contributed by atoms with Crippen LogP contribution in [0.3, 0.4) is 0 Å². The van der Waals surface area contributed by atoms with Crippen molar-refractivity contribution in [3.05, 3.63) is 15.9 Å². The van der Waals surface area contributed by atoms with E-state index in [1.807, 2.05) is 0 Å². The molecule has 0 aliphatic rings. The number of halogens is 2. The third-order valence-corrected chi connectivity index (χ3v) is 3.75. The molecule has 1 aromatic heterocycles. The summed E-state index contributed by atoms with van der Waals surface area (Å²) < 4.78 is 32.7. The van der Waals surface area contributed by atoms with Gasteiger partial charge < -0.3 is 0 Å². The molecule has 0 aliphatic heterocycles. The van der Waals surface area contributed by atoms with Gasteiger partial charge in [0.05, 0.1) is 0 Å². The minimum atomic E-state index is -4.49. The third kappa shape index (κ3) is 1.77. The molecule has 0 unspecified atom stereocenters. The van der Waals surface area contributed by atoms with Gasteiger partial charge in [-0.1, -0.05) is 3.89 Å². The quantitative estimate of drug-likeness (QED) is 0.710. The van der Waals surface area contributed by atoms with Gasteiger partial charge in [0.25, 0.3) is 0 Å². The second-order valence-electron chi connectivity index (χ2n) is 1.52. The predicted octanol–water partition coefficient (Wildman–Crippen LogP) is 2.17. The summed E-state index contributed by atoms with van der Waals surface area (Å²) in [5.74, 6) is 0. The molecule has 0 saturated heterocycles. The maximum Gasteiger partial charge on any atom is 0.341 e. The van der Waals surface area contributed by atoms with Crippen LogP contribution in [0, 0.1) is 0 Å². The Bertz CT molecular complexity index is 329. The van der Waals surface area contributed by atoms with E-state index in [0.717, 1.165) is 11.3 Å². The normalized spacial score (nSPS) is 11.8. The van der Waals surface area contributed by atoms with Gasteiger partial charge in [0.15, 0.2) is 4.21 Å². The van der Waals surface area contributed by atoms with E-state index < -0.39 is 10.2 Å². The van der Waals surface area contributed by atoms with Gasteiger partial charge in [0, 0.05) is 9.85 Å². The lowest BCUT2D eigenvalue weighted by atomic mass is 10.7. The average molecular weight is 245 g/mol. The first-order chi connectivity index (χ1) is 4.50. The second kappa shape index (κ2) is 2.60. The van der Waals surface area contributed by atoms with E-state index in [1.165, 1.54) is 11.4 Å². The van der Waals surface area contributed by atoms with Crippen LogP contribution in [-0.2, 0) is 10.2 Å². The monoisotopic (exact) mass is 244 g/mol. The molecule has 1 aromatic rings. The zero-order valence-electron chi connectivity index (χ0n) is 4.54. The molecule has 0 aliphatic carbocycles. The summed E-state index contributed by atoms with van der Waals surface area (Å²) in [5.41, 5.74) is 0. The summed E-state index contributed by atoms with van der Waals surface area (Å²) in [6.45, 7) is 0. The highest BCUT2D eigenvalue weighted by atomic mass is 79.9. The summed E-state index contributed by atoms with van der Waals surface area (Å²) in [7, 11) is -4.49. The second-order valence-corrected chi connectivity index (χ2v) is 4.92. The van der Waals surface area contributed by atoms with E-state index in [1.54, 1.807) is 0 Å². The van der Waals surface area contributed by atoms with Crippen LogP contribution in [-0.4, -0.2) is 8.42 Å². The smallest absolute Gasteiger partial charge is 0.188 e. The van der Waals surface area contributed by atoms with E-state index in [-0.39, 0.29) is 4.21 Å². The standard InChI is InChI=1S/C4H2BrFO2S2/c5-3-1-4(9-2-3)10(6,7)8/h1-2H. The summed E-state index contributed by atoms with van der Waals surface area (Å²) >= 11 is 3.85. The fraction of sp³-hybridized carbons (Fsp3) is 0. The molecular formula is C4H2BrFO2S2. The van der Waals surface area contributed by atoms with Crippen LogP contribution < -0.4 is 0 Å². The van der Waals surface area contributed by atoms with Gasteiger partial charge in [-0.15, -0.1) is 11.3 Å². The Morgan fingerprint density at radius 3 is 2.40 bits per heavy atom. The summed E-state index contributed by atoms with van der Waals surface area (Å²) in [6.07, 6.45) is 0. The number of hydrogen-bond donors (Lipinski definition) is 0. The van der Waals surface area contributed by atoms with Crippen LogP contribution >= 0.6 is 27.3 Å². The predicted molar refractivity (Wildman–Crippen MR) is 40.3 cm³/mol. The zero-order valence-corrected chi connectivity index (χ0v) is 7.76. The topological polar surface area (TPSA) is 34.1 Å². The van der Waals surface area contributed by atoms with E-state index in [0.29, 0.717) is 4.47 Å². The first-order valence-corrected chi connectivity index (χ1v) is 5.24. The zero-order chi connectivity index (χ0) is 7.78. The highest BCUT2D eigenvalue weighted by Crippen LogP contribution is 2.25. The highest BCUT2D eigenvalue weighted by Gasteiger charge is 2.13. The lowest BCUT2D eigenvalue weighted by Crippen LogP contribution is -1.85. The van der Waals surface area contributed by atoms with Gasteiger partial charge in [-0.05, 0) is 22.0 Å². The molecule has 56 valence electrons. The van der Waals surface area contributed by atoms with E-state index >= 15 is 0 Å². The molecule has 0 amide bonds. The molecule has 2 nitrogen and oxygen atoms in total. The Morgan fingerprint density at radius 2 is 2.20 bits per heavy atom. The maximum absolute atomic E-state index is 12.1. The first kappa shape index (κ1) is 8.16. The lowest BCUT2D eigenvalue weighted by molar-refractivity contribution is 0.554. The van der Waals surface area contributed by atoms with Crippen molar-refractivity contribution in [2.45, 2.75) is 4.21 Å². The Morgan fingerprint density at radius 1 is 1.60 bits per heavy atom. The Balaban J connectivity index is 3.21. The molecule has 0 aromatic carbocycles. The van der Waals surface area contributed by atoms with Gasteiger partial charge in [-0.25, -0.2) is 0 Å². The minimum Gasteiger partial charge on any atom is -0.188 e. The molecule has 0 bridgehead atoms. The number of rotatable bonds is 1. The van der Waals surface area contributed by atoms with Gasteiger partial charge in [0.2, 0.25) is 0 Å². The molecular weight excluding hydrogens is 243 g/mol. The van der Waals surface area contributed by atoms with Crippen molar-refractivity contribution in [3.8, 4) is 0 Å². The third-order valence-electron chi connectivity index (χ3n) is 0.784. The van der Waals surface area contributed by atoms with Crippen molar-refractivity contribution in [3.63, 3.8) is 0 Å².